The number of H-pyrrole nitrogens is 1. The molecule has 1 N–H and O–H groups in total. The maximum Gasteiger partial charge on any atom is 0.271 e. The van der Waals surface area contributed by atoms with Crippen LogP contribution >= 0.6 is 11.6 Å². The first-order valence-electron chi connectivity index (χ1n) is 7.87. The Bertz CT molecular complexity index is 920. The molecule has 0 spiro atoms. The van der Waals surface area contributed by atoms with Crippen LogP contribution in [0.1, 0.15) is 23.3 Å². The van der Waals surface area contributed by atoms with Gasteiger partial charge in [-0.25, -0.2) is 17.1 Å². The largest absolute Gasteiger partial charge is 0.349 e. The molecule has 1 aromatic heterocycles. The quantitative estimate of drug-likeness (QED) is 0.879. The van der Waals surface area contributed by atoms with Gasteiger partial charge >= 0.3 is 0 Å². The van der Waals surface area contributed by atoms with Gasteiger partial charge in [0.05, 0.1) is 11.3 Å². The Hall–Kier alpha value is -1.64. The lowest BCUT2D eigenvalue weighted by molar-refractivity contribution is 0.0681. The van der Waals surface area contributed by atoms with E-state index in [0.29, 0.717) is 36.8 Å². The Morgan fingerprint density at radius 1 is 1.36 bits per heavy atom. The van der Waals surface area contributed by atoms with E-state index in [1.165, 1.54) is 22.7 Å². The predicted octanol–water partition coefficient (Wildman–Crippen LogP) is 2.46. The van der Waals surface area contributed by atoms with Gasteiger partial charge in [-0.15, -0.1) is 0 Å². The van der Waals surface area contributed by atoms with Crippen LogP contribution in [0, 0.1) is 5.82 Å². The topological polar surface area (TPSA) is 73.5 Å². The van der Waals surface area contributed by atoms with Crippen LogP contribution in [0.2, 0.25) is 5.02 Å². The number of hydrogen-bond donors (Lipinski definition) is 1. The molecule has 0 saturated carbocycles. The van der Waals surface area contributed by atoms with Crippen molar-refractivity contribution in [2.75, 3.05) is 26.4 Å². The van der Waals surface area contributed by atoms with Gasteiger partial charge in [0.15, 0.2) is 0 Å². The summed E-state index contributed by atoms with van der Waals surface area (Å²) in [5, 5.41) is 0.673. The van der Waals surface area contributed by atoms with Crippen molar-refractivity contribution in [2.24, 2.45) is 0 Å². The lowest BCUT2D eigenvalue weighted by Gasteiger charge is -2.35. The van der Waals surface area contributed by atoms with Gasteiger partial charge in [-0.1, -0.05) is 11.6 Å². The number of amides is 1. The van der Waals surface area contributed by atoms with E-state index in [-0.39, 0.29) is 22.7 Å². The Kier molecular flexibility index (Phi) is 4.78. The summed E-state index contributed by atoms with van der Waals surface area (Å²) in [4.78, 5) is 17.3. The molecule has 0 radical (unpaired) electrons. The van der Waals surface area contributed by atoms with Crippen molar-refractivity contribution in [1.29, 1.82) is 0 Å². The van der Waals surface area contributed by atoms with Gasteiger partial charge in [0, 0.05) is 37.1 Å². The molecule has 0 bridgehead atoms. The molecule has 1 aromatic carbocycles. The molecule has 2 aromatic rings. The smallest absolute Gasteiger partial charge is 0.271 e. The number of nitrogens with zero attached hydrogens (tertiary/aromatic N) is 2. The number of fused-ring (bicyclic) bond motifs is 1. The minimum atomic E-state index is -3.25. The number of halogens is 2. The maximum atomic E-state index is 13.4. The number of likely N-dealkylation sites (tertiary alicyclic amines) is 1. The molecule has 0 aliphatic carbocycles. The number of rotatable bonds is 3. The minimum absolute atomic E-state index is 0.119. The molecule has 25 heavy (non-hydrogen) atoms. The molecular formula is C16H19ClFN3O3S. The summed E-state index contributed by atoms with van der Waals surface area (Å²) in [7, 11) is -1.70. The summed E-state index contributed by atoms with van der Waals surface area (Å²) in [5.74, 6) is -0.681. The zero-order valence-corrected chi connectivity index (χ0v) is 15.5. The average molecular weight is 388 g/mol. The maximum absolute atomic E-state index is 13.4. The van der Waals surface area contributed by atoms with Crippen molar-refractivity contribution in [3.05, 3.63) is 34.7 Å². The standard InChI is InChI=1S/C16H19ClFN3O3S/c1-20(25(2,23)24)11-5-7-21(8-6-11)16(22)15-14(17)12-9-10(18)3-4-13(12)19-15/h3-4,9,11,19H,5-8H2,1-2H3. The number of hydrogen-bond acceptors (Lipinski definition) is 3. The van der Waals surface area contributed by atoms with Gasteiger partial charge in [-0.05, 0) is 31.0 Å². The number of nitrogens with one attached hydrogen (secondary N) is 1. The normalized spacial score (nSPS) is 16.8. The zero-order chi connectivity index (χ0) is 18.4. The van der Waals surface area contributed by atoms with E-state index in [9.17, 15) is 17.6 Å². The third-order valence-corrected chi connectivity index (χ3v) is 6.44. The number of carbonyl (C=O) groups excluding carboxylic acids is 1. The van der Waals surface area contributed by atoms with E-state index in [2.05, 4.69) is 4.98 Å². The van der Waals surface area contributed by atoms with Crippen LogP contribution in [0.4, 0.5) is 4.39 Å². The van der Waals surface area contributed by atoms with Crippen molar-refractivity contribution >= 4 is 38.4 Å². The third-order valence-electron chi connectivity index (χ3n) is 4.70. The van der Waals surface area contributed by atoms with Crippen molar-refractivity contribution < 1.29 is 17.6 Å². The van der Waals surface area contributed by atoms with Gasteiger partial charge in [0.2, 0.25) is 10.0 Å². The van der Waals surface area contributed by atoms with Crippen LogP contribution in [0.15, 0.2) is 18.2 Å². The van der Waals surface area contributed by atoms with Gasteiger partial charge in [-0.3, -0.25) is 4.79 Å². The van der Waals surface area contributed by atoms with E-state index in [4.69, 9.17) is 11.6 Å². The summed E-state index contributed by atoms with van der Waals surface area (Å²) >= 11 is 6.25. The first kappa shape index (κ1) is 18.2. The van der Waals surface area contributed by atoms with Crippen molar-refractivity contribution in [2.45, 2.75) is 18.9 Å². The fraction of sp³-hybridized carbons (Fsp3) is 0.438. The molecule has 1 aliphatic rings. The van der Waals surface area contributed by atoms with Crippen LogP contribution < -0.4 is 0 Å². The number of aromatic nitrogens is 1. The zero-order valence-electron chi connectivity index (χ0n) is 13.9. The van der Waals surface area contributed by atoms with E-state index in [0.717, 1.165) is 0 Å². The lowest BCUT2D eigenvalue weighted by atomic mass is 10.1. The molecule has 1 amide bonds. The molecule has 6 nitrogen and oxygen atoms in total. The van der Waals surface area contributed by atoms with Gasteiger partial charge in [0.1, 0.15) is 11.5 Å². The molecule has 0 atom stereocenters. The van der Waals surface area contributed by atoms with Gasteiger partial charge in [-0.2, -0.15) is 0 Å². The second-order valence-corrected chi connectivity index (χ2v) is 8.73. The molecule has 0 unspecified atom stereocenters. The molecule has 136 valence electrons. The van der Waals surface area contributed by atoms with Crippen molar-refractivity contribution in [3.8, 4) is 0 Å². The molecule has 9 heteroatoms. The molecule has 1 saturated heterocycles. The van der Waals surface area contributed by atoms with E-state index >= 15 is 0 Å². The van der Waals surface area contributed by atoms with Crippen LogP contribution in [-0.4, -0.2) is 60.9 Å². The molecule has 1 fully saturated rings. The number of benzene rings is 1. The molecule has 3 rings (SSSR count). The van der Waals surface area contributed by atoms with Crippen LogP contribution in [0.25, 0.3) is 10.9 Å². The highest BCUT2D eigenvalue weighted by Crippen LogP contribution is 2.30. The highest BCUT2D eigenvalue weighted by Gasteiger charge is 2.30. The SMILES string of the molecule is CN(C1CCN(C(=O)c2[nH]c3ccc(F)cc3c2Cl)CC1)S(C)(=O)=O. The summed E-state index contributed by atoms with van der Waals surface area (Å²) in [5.41, 5.74) is 0.832. The molecule has 2 heterocycles. The third kappa shape index (κ3) is 3.51. The fourth-order valence-corrected chi connectivity index (χ4v) is 4.18. The summed E-state index contributed by atoms with van der Waals surface area (Å²) in [6.45, 7) is 0.868. The highest BCUT2D eigenvalue weighted by atomic mass is 35.5. The second kappa shape index (κ2) is 6.59. The van der Waals surface area contributed by atoms with Gasteiger partial charge < -0.3 is 9.88 Å². The number of sulfonamides is 1. The van der Waals surface area contributed by atoms with Crippen LogP contribution in [0.3, 0.4) is 0 Å². The van der Waals surface area contributed by atoms with E-state index < -0.39 is 15.8 Å². The lowest BCUT2D eigenvalue weighted by Crippen LogP contribution is -2.47. The highest BCUT2D eigenvalue weighted by molar-refractivity contribution is 7.88. The van der Waals surface area contributed by atoms with Crippen LogP contribution in [-0.2, 0) is 10.0 Å². The summed E-state index contributed by atoms with van der Waals surface area (Å²) < 4.78 is 38.0. The Morgan fingerprint density at radius 3 is 2.60 bits per heavy atom. The van der Waals surface area contributed by atoms with E-state index in [1.54, 1.807) is 18.0 Å². The summed E-state index contributed by atoms with van der Waals surface area (Å²) in [6.07, 6.45) is 2.29. The predicted molar refractivity (Wildman–Crippen MR) is 94.8 cm³/mol. The first-order chi connectivity index (χ1) is 11.7. The monoisotopic (exact) mass is 387 g/mol. The van der Waals surface area contributed by atoms with Gasteiger partial charge in [0.25, 0.3) is 5.91 Å². The fourth-order valence-electron chi connectivity index (χ4n) is 3.14. The molecular weight excluding hydrogens is 369 g/mol. The van der Waals surface area contributed by atoms with E-state index in [1.807, 2.05) is 0 Å². The minimum Gasteiger partial charge on any atom is -0.349 e. The number of piperidine rings is 1. The number of aromatic amines is 1. The van der Waals surface area contributed by atoms with Crippen molar-refractivity contribution in [1.82, 2.24) is 14.2 Å². The van der Waals surface area contributed by atoms with Crippen LogP contribution in [0.5, 0.6) is 0 Å². The summed E-state index contributed by atoms with van der Waals surface area (Å²) in [6, 6.07) is 4.01. The number of carbonyl (C=O) groups is 1. The Labute approximate surface area is 150 Å². The van der Waals surface area contributed by atoms with Crippen molar-refractivity contribution in [3.63, 3.8) is 0 Å². The molecule has 1 aliphatic heterocycles. The first-order valence-corrected chi connectivity index (χ1v) is 10.1. The average Bonchev–Trinajstić information content (AvgIpc) is 2.89. The Balaban J connectivity index is 1.76. The Morgan fingerprint density at radius 2 is 2.00 bits per heavy atom. The second-order valence-electron chi connectivity index (χ2n) is 6.31.